The van der Waals surface area contributed by atoms with Crippen LogP contribution >= 0.6 is 0 Å². The molecule has 0 saturated carbocycles. The fourth-order valence-electron chi connectivity index (χ4n) is 2.32. The summed E-state index contributed by atoms with van der Waals surface area (Å²) < 4.78 is 27.7. The van der Waals surface area contributed by atoms with Crippen LogP contribution in [-0.4, -0.2) is 73.0 Å². The predicted molar refractivity (Wildman–Crippen MR) is 85.4 cm³/mol. The molecule has 2 rings (SSSR count). The second-order valence-corrected chi connectivity index (χ2v) is 7.73. The molecule has 25 heavy (non-hydrogen) atoms. The van der Waals surface area contributed by atoms with E-state index in [9.17, 15) is 28.1 Å². The van der Waals surface area contributed by atoms with Crippen LogP contribution in [-0.2, 0) is 14.6 Å². The van der Waals surface area contributed by atoms with E-state index in [0.29, 0.717) is 19.6 Å². The molecule has 1 aliphatic heterocycles. The zero-order valence-corrected chi connectivity index (χ0v) is 13.9. The summed E-state index contributed by atoms with van der Waals surface area (Å²) in [6.07, 6.45) is 0. The number of carboxylic acid groups (broad SMARTS) is 1. The summed E-state index contributed by atoms with van der Waals surface area (Å²) >= 11 is 0. The van der Waals surface area contributed by atoms with Gasteiger partial charge in [0, 0.05) is 31.8 Å². The van der Waals surface area contributed by atoms with Gasteiger partial charge in [-0.15, -0.1) is 0 Å². The largest absolute Gasteiger partial charge is 0.478 e. The summed E-state index contributed by atoms with van der Waals surface area (Å²) in [7, 11) is -3.00. The first-order valence-electron chi connectivity index (χ1n) is 7.31. The van der Waals surface area contributed by atoms with Gasteiger partial charge >= 0.3 is 11.9 Å². The number of carboxylic acids is 1. The van der Waals surface area contributed by atoms with Gasteiger partial charge in [-0.05, 0) is 6.07 Å². The Morgan fingerprint density at radius 2 is 1.88 bits per heavy atom. The molecular weight excluding hydrogens is 356 g/mol. The topological polar surface area (TPSA) is 144 Å². The summed E-state index contributed by atoms with van der Waals surface area (Å²) in [6.45, 7) is 0.959. The average molecular weight is 372 g/mol. The quantitative estimate of drug-likeness (QED) is 0.420. The molecule has 1 aliphatic rings. The highest BCUT2D eigenvalue weighted by molar-refractivity contribution is 7.91. The second kappa shape index (κ2) is 7.57. The first kappa shape index (κ1) is 18.8. The molecule has 0 bridgehead atoms. The van der Waals surface area contributed by atoms with Crippen molar-refractivity contribution >= 4 is 27.5 Å². The van der Waals surface area contributed by atoms with Crippen LogP contribution in [0.1, 0.15) is 20.7 Å². The maximum atomic E-state index is 12.0. The predicted octanol–water partition coefficient (Wildman–Crippen LogP) is 0.180. The van der Waals surface area contributed by atoms with Gasteiger partial charge in [-0.1, -0.05) is 0 Å². The Morgan fingerprint density at radius 3 is 2.44 bits per heavy atom. The molecule has 1 heterocycles. The van der Waals surface area contributed by atoms with Crippen LogP contribution in [0.2, 0.25) is 0 Å². The van der Waals surface area contributed by atoms with E-state index < -0.39 is 38.0 Å². The highest BCUT2D eigenvalue weighted by Crippen LogP contribution is 2.19. The van der Waals surface area contributed by atoms with Gasteiger partial charge in [0.2, 0.25) is 0 Å². The zero-order valence-electron chi connectivity index (χ0n) is 13.1. The number of ether oxygens (including phenoxy) is 1. The molecule has 1 N–H and O–H groups in total. The van der Waals surface area contributed by atoms with Crippen molar-refractivity contribution in [1.29, 1.82) is 0 Å². The van der Waals surface area contributed by atoms with Gasteiger partial charge in [0.05, 0.1) is 27.6 Å². The molecule has 0 unspecified atom stereocenters. The van der Waals surface area contributed by atoms with Crippen molar-refractivity contribution in [3.05, 3.63) is 39.4 Å². The van der Waals surface area contributed by atoms with Crippen molar-refractivity contribution < 1.29 is 32.8 Å². The molecule has 0 spiro atoms. The first-order valence-corrected chi connectivity index (χ1v) is 9.13. The number of aromatic carboxylic acids is 1. The van der Waals surface area contributed by atoms with Crippen LogP contribution in [0.5, 0.6) is 0 Å². The minimum atomic E-state index is -3.00. The number of nitro benzene ring substituents is 1. The fourth-order valence-corrected chi connectivity index (χ4v) is 3.60. The summed E-state index contributed by atoms with van der Waals surface area (Å²) in [6, 6.07) is 2.87. The van der Waals surface area contributed by atoms with Gasteiger partial charge < -0.3 is 9.84 Å². The van der Waals surface area contributed by atoms with Crippen LogP contribution in [0.25, 0.3) is 0 Å². The second-order valence-electron chi connectivity index (χ2n) is 5.42. The van der Waals surface area contributed by atoms with E-state index in [1.165, 1.54) is 0 Å². The standard InChI is InChI=1S/C14H16N2O8S/c17-13(18)12-9-10(16(20)21)1-2-11(12)14(19)24-6-3-15-4-7-25(22,23)8-5-15/h1-2,9H,3-8H2,(H,17,18). The number of nitro groups is 1. The van der Waals surface area contributed by atoms with Gasteiger partial charge in [0.1, 0.15) is 6.61 Å². The summed E-state index contributed by atoms with van der Waals surface area (Å²) in [5, 5.41) is 19.8. The monoisotopic (exact) mass is 372 g/mol. The maximum absolute atomic E-state index is 12.0. The smallest absolute Gasteiger partial charge is 0.339 e. The van der Waals surface area contributed by atoms with Crippen molar-refractivity contribution in [2.45, 2.75) is 0 Å². The van der Waals surface area contributed by atoms with Crippen LogP contribution in [0.15, 0.2) is 18.2 Å². The Morgan fingerprint density at radius 1 is 1.24 bits per heavy atom. The molecule has 10 nitrogen and oxygen atoms in total. The third-order valence-corrected chi connectivity index (χ3v) is 5.35. The van der Waals surface area contributed by atoms with Crippen molar-refractivity contribution in [3.8, 4) is 0 Å². The van der Waals surface area contributed by atoms with E-state index in [4.69, 9.17) is 9.84 Å². The Bertz CT molecular complexity index is 791. The Balaban J connectivity index is 1.97. The normalized spacial score (nSPS) is 17.0. The number of hydrogen-bond donors (Lipinski definition) is 1. The zero-order chi connectivity index (χ0) is 18.6. The Hall–Kier alpha value is -2.53. The van der Waals surface area contributed by atoms with E-state index >= 15 is 0 Å². The molecule has 11 heteroatoms. The molecule has 0 amide bonds. The van der Waals surface area contributed by atoms with Gasteiger partial charge in [-0.25, -0.2) is 18.0 Å². The van der Waals surface area contributed by atoms with Crippen molar-refractivity contribution in [2.24, 2.45) is 0 Å². The lowest BCUT2D eigenvalue weighted by atomic mass is 10.1. The lowest BCUT2D eigenvalue weighted by Gasteiger charge is -2.26. The van der Waals surface area contributed by atoms with Gasteiger partial charge in [0.25, 0.3) is 5.69 Å². The number of esters is 1. The van der Waals surface area contributed by atoms with E-state index in [2.05, 4.69) is 0 Å². The molecule has 136 valence electrons. The SMILES string of the molecule is O=C(O)c1cc([N+](=O)[O-])ccc1C(=O)OCCN1CCS(=O)(=O)CC1. The third kappa shape index (κ3) is 4.97. The number of rotatable bonds is 6. The van der Waals surface area contributed by atoms with Crippen LogP contribution in [0.3, 0.4) is 0 Å². The first-order chi connectivity index (χ1) is 11.7. The number of nitrogens with zero attached hydrogens (tertiary/aromatic N) is 2. The number of carbonyl (C=O) groups excluding carboxylic acids is 1. The molecule has 1 saturated heterocycles. The minimum absolute atomic E-state index is 0.0467. The summed E-state index contributed by atoms with van der Waals surface area (Å²) in [5.74, 6) is -2.28. The summed E-state index contributed by atoms with van der Waals surface area (Å²) in [5.41, 5.74) is -1.23. The highest BCUT2D eigenvalue weighted by Gasteiger charge is 2.23. The molecule has 0 aromatic heterocycles. The maximum Gasteiger partial charge on any atom is 0.339 e. The highest BCUT2D eigenvalue weighted by atomic mass is 32.2. The Kier molecular flexibility index (Phi) is 5.69. The molecular formula is C14H16N2O8S. The Labute approximate surface area is 143 Å². The minimum Gasteiger partial charge on any atom is -0.478 e. The number of sulfone groups is 1. The van der Waals surface area contributed by atoms with Crippen LogP contribution in [0, 0.1) is 10.1 Å². The van der Waals surface area contributed by atoms with E-state index in [1.54, 1.807) is 0 Å². The van der Waals surface area contributed by atoms with Crippen LogP contribution in [0.4, 0.5) is 5.69 Å². The van der Waals surface area contributed by atoms with Crippen LogP contribution < -0.4 is 0 Å². The van der Waals surface area contributed by atoms with Gasteiger partial charge in [0.15, 0.2) is 9.84 Å². The number of non-ortho nitro benzene ring substituents is 1. The van der Waals surface area contributed by atoms with Gasteiger partial charge in [-0.3, -0.25) is 15.0 Å². The lowest BCUT2D eigenvalue weighted by Crippen LogP contribution is -2.41. The number of hydrogen-bond acceptors (Lipinski definition) is 8. The van der Waals surface area contributed by atoms with Crippen molar-refractivity contribution in [2.75, 3.05) is 37.7 Å². The van der Waals surface area contributed by atoms with Crippen molar-refractivity contribution in [3.63, 3.8) is 0 Å². The van der Waals surface area contributed by atoms with E-state index in [-0.39, 0.29) is 23.7 Å². The molecule has 1 aromatic rings. The van der Waals surface area contributed by atoms with E-state index in [1.807, 2.05) is 4.90 Å². The molecule has 1 fully saturated rings. The van der Waals surface area contributed by atoms with Gasteiger partial charge in [-0.2, -0.15) is 0 Å². The third-order valence-electron chi connectivity index (χ3n) is 3.74. The van der Waals surface area contributed by atoms with Crippen molar-refractivity contribution in [1.82, 2.24) is 4.90 Å². The molecule has 0 aliphatic carbocycles. The molecule has 0 atom stereocenters. The molecule has 0 radical (unpaired) electrons. The average Bonchev–Trinajstić information content (AvgIpc) is 2.55. The van der Waals surface area contributed by atoms with E-state index in [0.717, 1.165) is 18.2 Å². The number of benzene rings is 1. The summed E-state index contributed by atoms with van der Waals surface area (Å²) in [4.78, 5) is 35.0. The number of carbonyl (C=O) groups is 2. The lowest BCUT2D eigenvalue weighted by molar-refractivity contribution is -0.384. The molecule has 1 aromatic carbocycles. The fraction of sp³-hybridized carbons (Fsp3) is 0.429.